The number of hydrogen-bond acceptors (Lipinski definition) is 2. The second kappa shape index (κ2) is 3.05. The van der Waals surface area contributed by atoms with Gasteiger partial charge in [-0.05, 0) is 12.8 Å². The number of hydrogen-bond donors (Lipinski definition) is 2. The molecular formula is C6H16N2. The van der Waals surface area contributed by atoms with E-state index >= 15 is 0 Å². The summed E-state index contributed by atoms with van der Waals surface area (Å²) in [7, 11) is 0. The average molecular weight is 116 g/mol. The van der Waals surface area contributed by atoms with E-state index in [2.05, 4.69) is 13.8 Å². The van der Waals surface area contributed by atoms with Crippen molar-refractivity contribution in [1.82, 2.24) is 0 Å². The predicted octanol–water partition coefficient (Wildman–Crippen LogP) is 0.317. The van der Waals surface area contributed by atoms with Crippen molar-refractivity contribution in [2.45, 2.75) is 32.9 Å². The van der Waals surface area contributed by atoms with Gasteiger partial charge in [-0.15, -0.1) is 0 Å². The Labute approximate surface area is 51.2 Å². The van der Waals surface area contributed by atoms with Crippen LogP contribution < -0.4 is 11.5 Å². The van der Waals surface area contributed by atoms with Crippen LogP contribution in [0.25, 0.3) is 0 Å². The molecule has 0 aromatic heterocycles. The first-order chi connectivity index (χ1) is 3.55. The molecule has 0 aliphatic rings. The molecule has 2 atom stereocenters. The average Bonchev–Trinajstić information content (AvgIpc) is 1.64. The molecule has 0 unspecified atom stereocenters. The van der Waals surface area contributed by atoms with Gasteiger partial charge < -0.3 is 11.5 Å². The molecule has 2 heteroatoms. The molecular weight excluding hydrogens is 100 g/mol. The molecule has 0 aromatic carbocycles. The van der Waals surface area contributed by atoms with Gasteiger partial charge in [0, 0.05) is 12.1 Å². The predicted molar refractivity (Wildman–Crippen MR) is 36.5 cm³/mol. The lowest BCUT2D eigenvalue weighted by Crippen LogP contribution is -2.42. The van der Waals surface area contributed by atoms with Crippen molar-refractivity contribution in [3.8, 4) is 0 Å². The molecule has 0 spiro atoms. The van der Waals surface area contributed by atoms with Gasteiger partial charge in [-0.1, -0.05) is 13.8 Å². The van der Waals surface area contributed by atoms with Crippen LogP contribution in [0.15, 0.2) is 0 Å². The molecule has 4 N–H and O–H groups in total. The van der Waals surface area contributed by atoms with Crippen LogP contribution in [-0.4, -0.2) is 12.1 Å². The van der Waals surface area contributed by atoms with Gasteiger partial charge in [-0.25, -0.2) is 0 Å². The van der Waals surface area contributed by atoms with Crippen LogP contribution in [0, 0.1) is 5.92 Å². The lowest BCUT2D eigenvalue weighted by molar-refractivity contribution is 0.433. The zero-order chi connectivity index (χ0) is 6.73. The second-order valence-corrected chi connectivity index (χ2v) is 2.68. The van der Waals surface area contributed by atoms with Crippen LogP contribution in [0.5, 0.6) is 0 Å². The lowest BCUT2D eigenvalue weighted by atomic mass is 10.00. The number of rotatable bonds is 2. The van der Waals surface area contributed by atoms with E-state index in [0.717, 1.165) is 0 Å². The van der Waals surface area contributed by atoms with Crippen LogP contribution in [0.3, 0.4) is 0 Å². The van der Waals surface area contributed by atoms with Crippen LogP contribution in [0.1, 0.15) is 20.8 Å². The van der Waals surface area contributed by atoms with Gasteiger partial charge in [0.2, 0.25) is 0 Å². The highest BCUT2D eigenvalue weighted by Gasteiger charge is 2.10. The van der Waals surface area contributed by atoms with E-state index < -0.39 is 0 Å². The van der Waals surface area contributed by atoms with E-state index in [-0.39, 0.29) is 12.1 Å². The molecule has 50 valence electrons. The van der Waals surface area contributed by atoms with E-state index in [9.17, 15) is 0 Å². The molecule has 2 nitrogen and oxygen atoms in total. The first kappa shape index (κ1) is 7.92. The quantitative estimate of drug-likeness (QED) is 0.546. The maximum absolute atomic E-state index is 5.63. The fraction of sp³-hybridized carbons (Fsp3) is 1.00. The molecule has 8 heavy (non-hydrogen) atoms. The van der Waals surface area contributed by atoms with E-state index in [4.69, 9.17) is 11.5 Å². The minimum atomic E-state index is 0.120. The molecule has 0 aromatic rings. The summed E-state index contributed by atoms with van der Waals surface area (Å²) in [5, 5.41) is 0. The summed E-state index contributed by atoms with van der Waals surface area (Å²) < 4.78 is 0. The Hall–Kier alpha value is -0.0800. The van der Waals surface area contributed by atoms with Gasteiger partial charge in [-0.3, -0.25) is 0 Å². The van der Waals surface area contributed by atoms with Gasteiger partial charge >= 0.3 is 0 Å². The van der Waals surface area contributed by atoms with Gasteiger partial charge in [-0.2, -0.15) is 0 Å². The van der Waals surface area contributed by atoms with Crippen molar-refractivity contribution in [1.29, 1.82) is 0 Å². The topological polar surface area (TPSA) is 52.0 Å². The molecule has 0 aliphatic heterocycles. The van der Waals surface area contributed by atoms with Crippen LogP contribution in [-0.2, 0) is 0 Å². The third-order valence-electron chi connectivity index (χ3n) is 1.38. The summed E-state index contributed by atoms with van der Waals surface area (Å²) in [5.41, 5.74) is 11.1. The SMILES string of the molecule is CC(C)[C@H](N)[C@@H](C)N. The fourth-order valence-corrected chi connectivity index (χ4v) is 0.607. The Morgan fingerprint density at radius 2 is 1.38 bits per heavy atom. The Morgan fingerprint density at radius 3 is 1.38 bits per heavy atom. The standard InChI is InChI=1S/C6H16N2/c1-4(2)6(8)5(3)7/h4-6H,7-8H2,1-3H3/t5-,6+/m1/s1. The Kier molecular flexibility index (Phi) is 3.02. The fourth-order valence-electron chi connectivity index (χ4n) is 0.607. The lowest BCUT2D eigenvalue weighted by Gasteiger charge is -2.18. The van der Waals surface area contributed by atoms with Crippen molar-refractivity contribution in [3.63, 3.8) is 0 Å². The van der Waals surface area contributed by atoms with Crippen LogP contribution in [0.2, 0.25) is 0 Å². The summed E-state index contributed by atoms with van der Waals surface area (Å²) in [6.45, 7) is 6.09. The summed E-state index contributed by atoms with van der Waals surface area (Å²) in [6.07, 6.45) is 0. The van der Waals surface area contributed by atoms with E-state index in [1.807, 2.05) is 6.92 Å². The summed E-state index contributed by atoms with van der Waals surface area (Å²) in [4.78, 5) is 0. The zero-order valence-electron chi connectivity index (χ0n) is 5.89. The summed E-state index contributed by atoms with van der Waals surface area (Å²) in [5.74, 6) is 0.495. The van der Waals surface area contributed by atoms with E-state index in [0.29, 0.717) is 5.92 Å². The van der Waals surface area contributed by atoms with Crippen LogP contribution in [0.4, 0.5) is 0 Å². The summed E-state index contributed by atoms with van der Waals surface area (Å²) in [6, 6.07) is 0.269. The third kappa shape index (κ3) is 2.28. The molecule has 0 saturated carbocycles. The van der Waals surface area contributed by atoms with E-state index in [1.165, 1.54) is 0 Å². The first-order valence-corrected chi connectivity index (χ1v) is 3.07. The Balaban J connectivity index is 3.46. The minimum absolute atomic E-state index is 0.120. The molecule has 0 bridgehead atoms. The Bertz CT molecular complexity index is 51.5. The Morgan fingerprint density at radius 1 is 1.00 bits per heavy atom. The minimum Gasteiger partial charge on any atom is -0.327 e. The highest BCUT2D eigenvalue weighted by Crippen LogP contribution is 1.99. The largest absolute Gasteiger partial charge is 0.327 e. The zero-order valence-corrected chi connectivity index (χ0v) is 5.89. The molecule has 0 aliphatic carbocycles. The van der Waals surface area contributed by atoms with Gasteiger partial charge in [0.1, 0.15) is 0 Å². The summed E-state index contributed by atoms with van der Waals surface area (Å²) >= 11 is 0. The second-order valence-electron chi connectivity index (χ2n) is 2.68. The van der Waals surface area contributed by atoms with Gasteiger partial charge in [0.25, 0.3) is 0 Å². The first-order valence-electron chi connectivity index (χ1n) is 3.07. The molecule has 0 rings (SSSR count). The van der Waals surface area contributed by atoms with E-state index in [1.54, 1.807) is 0 Å². The van der Waals surface area contributed by atoms with Crippen LogP contribution >= 0.6 is 0 Å². The van der Waals surface area contributed by atoms with Crippen molar-refractivity contribution in [2.24, 2.45) is 17.4 Å². The smallest absolute Gasteiger partial charge is 0.0212 e. The van der Waals surface area contributed by atoms with Crippen molar-refractivity contribution >= 4 is 0 Å². The highest BCUT2D eigenvalue weighted by molar-refractivity contribution is 4.73. The number of nitrogens with two attached hydrogens (primary N) is 2. The van der Waals surface area contributed by atoms with Crippen molar-refractivity contribution in [3.05, 3.63) is 0 Å². The molecule has 0 radical (unpaired) electrons. The molecule has 0 heterocycles. The molecule has 0 fully saturated rings. The monoisotopic (exact) mass is 116 g/mol. The van der Waals surface area contributed by atoms with Crippen molar-refractivity contribution in [2.75, 3.05) is 0 Å². The van der Waals surface area contributed by atoms with Crippen molar-refractivity contribution < 1.29 is 0 Å². The maximum atomic E-state index is 5.63. The van der Waals surface area contributed by atoms with Gasteiger partial charge in [0.15, 0.2) is 0 Å². The molecule has 0 saturated heterocycles. The normalized spacial score (nSPS) is 18.8. The highest BCUT2D eigenvalue weighted by atomic mass is 14.8. The molecule has 0 amide bonds. The van der Waals surface area contributed by atoms with Gasteiger partial charge in [0.05, 0.1) is 0 Å². The third-order valence-corrected chi connectivity index (χ3v) is 1.38. The maximum Gasteiger partial charge on any atom is 0.0212 e.